The average Bonchev–Trinajstić information content (AvgIpc) is 2.81. The average molecular weight is 427 g/mol. The highest BCUT2D eigenvalue weighted by molar-refractivity contribution is 5.88. The van der Waals surface area contributed by atoms with Gasteiger partial charge in [0.05, 0.1) is 25.8 Å². The monoisotopic (exact) mass is 426 g/mol. The van der Waals surface area contributed by atoms with Crippen LogP contribution >= 0.6 is 0 Å². The Balaban J connectivity index is 1.68. The number of carbonyl (C=O) groups excluding carboxylic acids is 1. The van der Waals surface area contributed by atoms with E-state index in [1.54, 1.807) is 6.92 Å². The van der Waals surface area contributed by atoms with Crippen molar-refractivity contribution in [3.8, 4) is 6.19 Å². The van der Waals surface area contributed by atoms with E-state index in [-0.39, 0.29) is 11.9 Å². The molecule has 1 atom stereocenters. The number of ether oxygens (including phenoxy) is 1. The predicted molar refractivity (Wildman–Crippen MR) is 121 cm³/mol. The summed E-state index contributed by atoms with van der Waals surface area (Å²) in [6.07, 6.45) is 3.88. The van der Waals surface area contributed by atoms with Gasteiger partial charge < -0.3 is 9.64 Å². The van der Waals surface area contributed by atoms with Gasteiger partial charge in [-0.1, -0.05) is 30.3 Å². The van der Waals surface area contributed by atoms with Crippen LogP contribution in [0.25, 0.3) is 0 Å². The molecule has 31 heavy (non-hydrogen) atoms. The number of nitriles is 1. The zero-order valence-corrected chi connectivity index (χ0v) is 18.5. The Hall–Kier alpha value is -2.47. The predicted octanol–water partition coefficient (Wildman–Crippen LogP) is 0.953. The van der Waals surface area contributed by atoms with Crippen molar-refractivity contribution in [1.82, 2.24) is 20.0 Å². The first-order valence-corrected chi connectivity index (χ1v) is 11.2. The van der Waals surface area contributed by atoms with Crippen LogP contribution in [0.2, 0.25) is 0 Å². The summed E-state index contributed by atoms with van der Waals surface area (Å²) in [5.41, 5.74) is 1.28. The number of aryl methyl sites for hydroxylation is 1. The van der Waals surface area contributed by atoms with E-state index in [9.17, 15) is 10.1 Å². The molecule has 3 rings (SSSR count). The van der Waals surface area contributed by atoms with Gasteiger partial charge in [-0.25, -0.2) is 0 Å². The number of benzene rings is 1. The summed E-state index contributed by atoms with van der Waals surface area (Å²) in [5.74, 6) is 0.859. The van der Waals surface area contributed by atoms with Crippen molar-refractivity contribution < 1.29 is 9.53 Å². The molecule has 0 spiro atoms. The molecule has 0 bridgehead atoms. The van der Waals surface area contributed by atoms with Crippen LogP contribution in [0.3, 0.4) is 0 Å². The normalized spacial score (nSPS) is 19.6. The van der Waals surface area contributed by atoms with Crippen LogP contribution in [-0.4, -0.2) is 98.1 Å². The van der Waals surface area contributed by atoms with Crippen LogP contribution in [0.15, 0.2) is 35.3 Å². The molecule has 0 aromatic heterocycles. The molecule has 2 saturated heterocycles. The lowest BCUT2D eigenvalue weighted by Gasteiger charge is -2.39. The van der Waals surface area contributed by atoms with Gasteiger partial charge >= 0.3 is 0 Å². The number of aliphatic imine (C=N–C) groups is 1. The SMILES string of the molecule is CC(=O)N1CCN(C(CCc2ccccc2)C(=NCCN2CCOCC2)NC#N)CC1. The molecule has 1 N–H and O–H groups in total. The number of nitrogens with zero attached hydrogens (tertiary/aromatic N) is 5. The minimum atomic E-state index is 0.0265. The molecule has 2 heterocycles. The summed E-state index contributed by atoms with van der Waals surface area (Å²) < 4.78 is 5.42. The van der Waals surface area contributed by atoms with Crippen molar-refractivity contribution >= 4 is 11.7 Å². The number of morpholine rings is 1. The second-order valence-corrected chi connectivity index (χ2v) is 8.04. The van der Waals surface area contributed by atoms with Crippen LogP contribution in [0.5, 0.6) is 0 Å². The molecule has 1 amide bonds. The number of amidine groups is 1. The molecular formula is C23H34N6O2. The highest BCUT2D eigenvalue weighted by Gasteiger charge is 2.28. The minimum absolute atomic E-state index is 0.0265. The third-order valence-electron chi connectivity index (χ3n) is 6.05. The lowest BCUT2D eigenvalue weighted by atomic mass is 10.0. The summed E-state index contributed by atoms with van der Waals surface area (Å²) >= 11 is 0. The van der Waals surface area contributed by atoms with Crippen molar-refractivity contribution in [3.63, 3.8) is 0 Å². The van der Waals surface area contributed by atoms with Gasteiger partial charge in [0.15, 0.2) is 6.19 Å². The molecule has 168 valence electrons. The van der Waals surface area contributed by atoms with E-state index >= 15 is 0 Å². The molecule has 0 radical (unpaired) electrons. The molecule has 0 aliphatic carbocycles. The van der Waals surface area contributed by atoms with Crippen molar-refractivity contribution in [3.05, 3.63) is 35.9 Å². The Kier molecular flexibility index (Phi) is 9.28. The van der Waals surface area contributed by atoms with Crippen LogP contribution in [-0.2, 0) is 16.0 Å². The van der Waals surface area contributed by atoms with E-state index < -0.39 is 0 Å². The van der Waals surface area contributed by atoms with E-state index in [0.29, 0.717) is 19.6 Å². The number of hydrogen-bond acceptors (Lipinski definition) is 6. The second kappa shape index (κ2) is 12.4. The van der Waals surface area contributed by atoms with Crippen LogP contribution in [0, 0.1) is 11.5 Å². The number of piperazine rings is 1. The molecule has 8 heteroatoms. The molecule has 1 unspecified atom stereocenters. The van der Waals surface area contributed by atoms with Gasteiger partial charge in [0.2, 0.25) is 5.91 Å². The number of nitrogens with one attached hydrogen (secondary N) is 1. The topological polar surface area (TPSA) is 84.2 Å². The number of amides is 1. The van der Waals surface area contributed by atoms with Gasteiger partial charge in [-0.2, -0.15) is 5.26 Å². The molecule has 2 fully saturated rings. The highest BCUT2D eigenvalue weighted by atomic mass is 16.5. The lowest BCUT2D eigenvalue weighted by Crippen LogP contribution is -2.55. The van der Waals surface area contributed by atoms with E-state index in [0.717, 1.165) is 64.6 Å². The Morgan fingerprint density at radius 2 is 1.87 bits per heavy atom. The van der Waals surface area contributed by atoms with Gasteiger partial charge in [-0.15, -0.1) is 0 Å². The van der Waals surface area contributed by atoms with Gasteiger partial charge in [-0.05, 0) is 18.4 Å². The third-order valence-corrected chi connectivity index (χ3v) is 6.05. The number of rotatable bonds is 8. The van der Waals surface area contributed by atoms with Crippen LogP contribution < -0.4 is 5.32 Å². The zero-order valence-electron chi connectivity index (χ0n) is 18.5. The first-order chi connectivity index (χ1) is 15.2. The molecular weight excluding hydrogens is 392 g/mol. The highest BCUT2D eigenvalue weighted by Crippen LogP contribution is 2.15. The largest absolute Gasteiger partial charge is 0.379 e. The van der Waals surface area contributed by atoms with E-state index in [4.69, 9.17) is 9.73 Å². The summed E-state index contributed by atoms with van der Waals surface area (Å²) in [4.78, 5) is 23.2. The summed E-state index contributed by atoms with van der Waals surface area (Å²) in [5, 5.41) is 12.3. The smallest absolute Gasteiger partial charge is 0.219 e. The van der Waals surface area contributed by atoms with Crippen molar-refractivity contribution in [2.24, 2.45) is 4.99 Å². The summed E-state index contributed by atoms with van der Waals surface area (Å²) in [6, 6.07) is 10.4. The van der Waals surface area contributed by atoms with Gasteiger partial charge in [-0.3, -0.25) is 24.9 Å². The summed E-state index contributed by atoms with van der Waals surface area (Å²) in [7, 11) is 0. The Morgan fingerprint density at radius 3 is 2.52 bits per heavy atom. The fraction of sp³-hybridized carbons (Fsp3) is 0.609. The van der Waals surface area contributed by atoms with Crippen molar-refractivity contribution in [2.75, 3.05) is 65.6 Å². The molecule has 2 aliphatic rings. The fourth-order valence-corrected chi connectivity index (χ4v) is 4.21. The second-order valence-electron chi connectivity index (χ2n) is 8.04. The van der Waals surface area contributed by atoms with E-state index in [1.165, 1.54) is 5.56 Å². The fourth-order valence-electron chi connectivity index (χ4n) is 4.21. The minimum Gasteiger partial charge on any atom is -0.379 e. The Morgan fingerprint density at radius 1 is 1.16 bits per heavy atom. The van der Waals surface area contributed by atoms with Crippen molar-refractivity contribution in [1.29, 1.82) is 5.26 Å². The quantitative estimate of drug-likeness (QED) is 0.288. The number of carbonyl (C=O) groups is 1. The third kappa shape index (κ3) is 7.31. The Bertz CT molecular complexity index is 749. The standard InChI is InChI=1S/C23H34N6O2/c1-20(30)28-11-13-29(14-12-28)22(8-7-21-5-3-2-4-6-21)23(26-19-24)25-9-10-27-15-17-31-18-16-27/h2-6,22H,7-18H2,1H3,(H,25,26). The van der Waals surface area contributed by atoms with Gasteiger partial charge in [0.1, 0.15) is 5.84 Å². The lowest BCUT2D eigenvalue weighted by molar-refractivity contribution is -0.130. The molecule has 1 aromatic carbocycles. The summed E-state index contributed by atoms with van der Waals surface area (Å²) in [6.45, 7) is 9.54. The Labute approximate surface area is 185 Å². The molecule has 1 aromatic rings. The first-order valence-electron chi connectivity index (χ1n) is 11.2. The zero-order chi connectivity index (χ0) is 21.9. The number of hydrogen-bond donors (Lipinski definition) is 1. The van der Waals surface area contributed by atoms with E-state index in [2.05, 4.69) is 45.6 Å². The van der Waals surface area contributed by atoms with Gasteiger partial charge in [0, 0.05) is 52.7 Å². The molecule has 8 nitrogen and oxygen atoms in total. The first kappa shape index (κ1) is 23.2. The van der Waals surface area contributed by atoms with Crippen LogP contribution in [0.1, 0.15) is 18.9 Å². The maximum Gasteiger partial charge on any atom is 0.219 e. The van der Waals surface area contributed by atoms with Gasteiger partial charge in [0.25, 0.3) is 0 Å². The van der Waals surface area contributed by atoms with Crippen LogP contribution in [0.4, 0.5) is 0 Å². The molecule has 0 saturated carbocycles. The maximum absolute atomic E-state index is 11.7. The molecule has 2 aliphatic heterocycles. The van der Waals surface area contributed by atoms with E-state index in [1.807, 2.05) is 11.0 Å². The van der Waals surface area contributed by atoms with Crippen molar-refractivity contribution in [2.45, 2.75) is 25.8 Å². The maximum atomic E-state index is 11.7.